The van der Waals surface area contributed by atoms with Gasteiger partial charge in [-0.25, -0.2) is 0 Å². The van der Waals surface area contributed by atoms with Crippen LogP contribution in [0.2, 0.25) is 0 Å². The Labute approximate surface area is 377 Å². The van der Waals surface area contributed by atoms with E-state index in [0.29, 0.717) is 12.8 Å². The van der Waals surface area contributed by atoms with Crippen LogP contribution in [0.1, 0.15) is 55.7 Å². The topological polar surface area (TPSA) is 259 Å². The van der Waals surface area contributed by atoms with Gasteiger partial charge < -0.3 is 48.3 Å². The number of aliphatic imine (C=N–C) groups is 1. The van der Waals surface area contributed by atoms with Crippen LogP contribution in [0.5, 0.6) is 0 Å². The first kappa shape index (κ1) is 47.2. The zero-order chi connectivity index (χ0) is 46.3. The van der Waals surface area contributed by atoms with Crippen molar-refractivity contribution in [2.75, 3.05) is 19.6 Å². The molecule has 3 unspecified atom stereocenters. The van der Waals surface area contributed by atoms with Crippen molar-refractivity contribution in [3.05, 3.63) is 120 Å². The first-order valence-corrected chi connectivity index (χ1v) is 22.0. The average molecular weight is 887 g/mol. The molecule has 2 aliphatic heterocycles. The highest BCUT2D eigenvalue weighted by atomic mass is 16.2. The first-order valence-electron chi connectivity index (χ1n) is 22.0. The first-order chi connectivity index (χ1) is 31.4. The number of guanidine groups is 1. The molecular weight excluding hydrogens is 829 g/mol. The van der Waals surface area contributed by atoms with Crippen LogP contribution in [0, 0.1) is 0 Å². The molecule has 2 aliphatic rings. The van der Waals surface area contributed by atoms with Gasteiger partial charge in [0, 0.05) is 45.8 Å². The van der Waals surface area contributed by atoms with Gasteiger partial charge >= 0.3 is 0 Å². The normalized spacial score (nSPS) is 21.4. The van der Waals surface area contributed by atoms with E-state index in [2.05, 4.69) is 36.9 Å². The predicted octanol–water partition coefficient (Wildman–Crippen LogP) is 0.876. The van der Waals surface area contributed by atoms with Crippen LogP contribution >= 0.6 is 0 Å². The second-order valence-corrected chi connectivity index (χ2v) is 16.4. The number of hydrogen-bond donors (Lipinski definition) is 8. The predicted molar refractivity (Wildman–Crippen MR) is 246 cm³/mol. The van der Waals surface area contributed by atoms with Gasteiger partial charge in [0.05, 0.1) is 0 Å². The standard InChI is InChI=1S/C48H58N10O7/c1-30(59)53-38(27-31-13-4-2-5-14-31)43(61)55-37-23-25-51-42(60)36(21-11-24-52-48(49)50)54-45(63)40(29-34-19-10-18-33-17-8-9-20-35(33)34)56-44(62)39(28-32-15-6-3-7-16-32)57-46(64)41-22-12-26-58(41)47(37)65/h2-10,13-20,36-41H,11-12,21-29H2,1H3,(H,51,60)(H,53,59)(H,54,63)(H,55,61)(H,56,62)(H,57,64)(H4,49,50,52)/t36?,37-,38-,39+,40?,41?/m0/s1. The van der Waals surface area contributed by atoms with E-state index in [0.717, 1.165) is 27.5 Å². The van der Waals surface area contributed by atoms with Crippen molar-refractivity contribution in [1.82, 2.24) is 36.8 Å². The third kappa shape index (κ3) is 13.4. The Morgan fingerprint density at radius 2 is 1.37 bits per heavy atom. The molecule has 0 spiro atoms. The highest BCUT2D eigenvalue weighted by Gasteiger charge is 2.40. The molecule has 0 radical (unpaired) electrons. The summed E-state index contributed by atoms with van der Waals surface area (Å²) in [5, 5.41) is 18.8. The van der Waals surface area contributed by atoms with Crippen LogP contribution in [0.25, 0.3) is 10.8 Å². The molecule has 0 saturated carbocycles. The van der Waals surface area contributed by atoms with E-state index in [1.165, 1.54) is 11.8 Å². The molecule has 7 amide bonds. The molecular formula is C48H58N10O7. The number of carbonyl (C=O) groups is 7. The lowest BCUT2D eigenvalue weighted by Crippen LogP contribution is -2.59. The summed E-state index contributed by atoms with van der Waals surface area (Å²) in [5.41, 5.74) is 13.4. The van der Waals surface area contributed by atoms with E-state index in [1.54, 1.807) is 0 Å². The average Bonchev–Trinajstić information content (AvgIpc) is 3.79. The third-order valence-electron chi connectivity index (χ3n) is 11.6. The van der Waals surface area contributed by atoms with E-state index in [-0.39, 0.29) is 64.1 Å². The highest BCUT2D eigenvalue weighted by molar-refractivity contribution is 5.98. The van der Waals surface area contributed by atoms with Gasteiger partial charge in [-0.1, -0.05) is 103 Å². The molecule has 0 aliphatic carbocycles. The van der Waals surface area contributed by atoms with Crippen molar-refractivity contribution in [3.63, 3.8) is 0 Å². The molecule has 342 valence electrons. The monoisotopic (exact) mass is 886 g/mol. The lowest BCUT2D eigenvalue weighted by atomic mass is 9.97. The zero-order valence-corrected chi connectivity index (χ0v) is 36.5. The van der Waals surface area contributed by atoms with Gasteiger partial charge in [0.1, 0.15) is 36.3 Å². The second-order valence-electron chi connectivity index (χ2n) is 16.4. The summed E-state index contributed by atoms with van der Waals surface area (Å²) in [6.07, 6.45) is 1.27. The minimum Gasteiger partial charge on any atom is -0.370 e. The summed E-state index contributed by atoms with van der Waals surface area (Å²) in [7, 11) is 0. The lowest BCUT2D eigenvalue weighted by molar-refractivity contribution is -0.142. The molecule has 6 rings (SSSR count). The van der Waals surface area contributed by atoms with E-state index in [4.69, 9.17) is 11.5 Å². The summed E-state index contributed by atoms with van der Waals surface area (Å²) < 4.78 is 0. The summed E-state index contributed by atoms with van der Waals surface area (Å²) in [6, 6.07) is 24.7. The molecule has 10 N–H and O–H groups in total. The lowest BCUT2D eigenvalue weighted by Gasteiger charge is -2.31. The van der Waals surface area contributed by atoms with Crippen LogP contribution in [0.4, 0.5) is 0 Å². The summed E-state index contributed by atoms with van der Waals surface area (Å²) in [5.74, 6) is -4.25. The Hall–Kier alpha value is -7.30. The van der Waals surface area contributed by atoms with Crippen molar-refractivity contribution < 1.29 is 33.6 Å². The Bertz CT molecular complexity index is 2350. The Balaban J connectivity index is 1.35. The van der Waals surface area contributed by atoms with Crippen molar-refractivity contribution >= 4 is 58.1 Å². The Morgan fingerprint density at radius 3 is 2.08 bits per heavy atom. The van der Waals surface area contributed by atoms with E-state index >= 15 is 0 Å². The number of amides is 7. The molecule has 4 aromatic rings. The largest absolute Gasteiger partial charge is 0.370 e. The van der Waals surface area contributed by atoms with Crippen molar-refractivity contribution in [3.8, 4) is 0 Å². The summed E-state index contributed by atoms with van der Waals surface area (Å²) >= 11 is 0. The number of fused-ring (bicyclic) bond motifs is 2. The fourth-order valence-corrected chi connectivity index (χ4v) is 8.34. The van der Waals surface area contributed by atoms with Crippen molar-refractivity contribution in [2.45, 2.75) is 94.5 Å². The molecule has 0 aromatic heterocycles. The fraction of sp³-hybridized carbons (Fsp3) is 0.375. The van der Waals surface area contributed by atoms with Crippen LogP contribution in [0.15, 0.2) is 108 Å². The van der Waals surface area contributed by atoms with Crippen LogP contribution in [0.3, 0.4) is 0 Å². The third-order valence-corrected chi connectivity index (χ3v) is 11.6. The van der Waals surface area contributed by atoms with E-state index in [9.17, 15) is 33.6 Å². The van der Waals surface area contributed by atoms with Crippen LogP contribution < -0.4 is 43.4 Å². The van der Waals surface area contributed by atoms with Gasteiger partial charge in [0.2, 0.25) is 41.4 Å². The smallest absolute Gasteiger partial charge is 0.245 e. The van der Waals surface area contributed by atoms with Gasteiger partial charge in [0.25, 0.3) is 0 Å². The SMILES string of the molecule is CC(=O)N[C@@H](Cc1ccccc1)C(=O)N[C@H]1CCNC(=O)C(CCCN=C(N)N)NC(=O)C(Cc2cccc3ccccc23)NC(=O)[C@@H](Cc2ccccc2)NC(=O)C2CCCN2C1=O. The number of nitrogens with zero attached hydrogens (tertiary/aromatic N) is 2. The van der Waals surface area contributed by atoms with Crippen LogP contribution in [-0.4, -0.2) is 108 Å². The van der Waals surface area contributed by atoms with Crippen molar-refractivity contribution in [2.24, 2.45) is 16.5 Å². The van der Waals surface area contributed by atoms with Gasteiger partial charge in [-0.05, 0) is 59.6 Å². The number of hydrogen-bond acceptors (Lipinski definition) is 8. The molecule has 0 bridgehead atoms. The summed E-state index contributed by atoms with van der Waals surface area (Å²) in [4.78, 5) is 104. The van der Waals surface area contributed by atoms with E-state index in [1.807, 2.05) is 103 Å². The maximum absolute atomic E-state index is 14.6. The van der Waals surface area contributed by atoms with Gasteiger partial charge in [-0.2, -0.15) is 0 Å². The van der Waals surface area contributed by atoms with Crippen molar-refractivity contribution in [1.29, 1.82) is 0 Å². The maximum atomic E-state index is 14.6. The molecule has 4 aromatic carbocycles. The quantitative estimate of drug-likeness (QED) is 0.0538. The Kier molecular flexibility index (Phi) is 16.6. The van der Waals surface area contributed by atoms with Gasteiger partial charge in [-0.3, -0.25) is 38.6 Å². The van der Waals surface area contributed by atoms with E-state index < -0.39 is 77.6 Å². The number of rotatable bonds is 13. The molecule has 2 saturated heterocycles. The number of nitrogens with one attached hydrogen (secondary N) is 6. The molecule has 2 fully saturated rings. The minimum atomic E-state index is -1.25. The second kappa shape index (κ2) is 22.9. The summed E-state index contributed by atoms with van der Waals surface area (Å²) in [6.45, 7) is 1.52. The molecule has 17 heteroatoms. The molecule has 6 atom stereocenters. The minimum absolute atomic E-state index is 0.0449. The molecule has 17 nitrogen and oxygen atoms in total. The van der Waals surface area contributed by atoms with Gasteiger partial charge in [-0.15, -0.1) is 0 Å². The number of nitrogens with two attached hydrogens (primary N) is 2. The molecule has 2 heterocycles. The zero-order valence-electron chi connectivity index (χ0n) is 36.5. The van der Waals surface area contributed by atoms with Crippen LogP contribution in [-0.2, 0) is 52.8 Å². The fourth-order valence-electron chi connectivity index (χ4n) is 8.34. The number of benzene rings is 4. The number of carbonyl (C=O) groups excluding carboxylic acids is 7. The molecule has 65 heavy (non-hydrogen) atoms. The Morgan fingerprint density at radius 1 is 0.738 bits per heavy atom. The highest BCUT2D eigenvalue weighted by Crippen LogP contribution is 2.22. The van der Waals surface area contributed by atoms with Gasteiger partial charge in [0.15, 0.2) is 5.96 Å². The maximum Gasteiger partial charge on any atom is 0.245 e.